The average Bonchev–Trinajstić information content (AvgIpc) is 3.13. The van der Waals surface area contributed by atoms with Gasteiger partial charge in [-0.05, 0) is 39.5 Å². The topological polar surface area (TPSA) is 206 Å². The Bertz CT molecular complexity index is 650. The number of carboxylic acids is 1. The van der Waals surface area contributed by atoms with Crippen LogP contribution in [0.25, 0.3) is 0 Å². The molecule has 9 N–H and O–H groups in total. The first-order chi connectivity index (χ1) is 13.5. The van der Waals surface area contributed by atoms with E-state index in [4.69, 9.17) is 22.3 Å². The second-order valence-corrected chi connectivity index (χ2v) is 7.04. The zero-order valence-electron chi connectivity index (χ0n) is 16.8. The van der Waals surface area contributed by atoms with Crippen molar-refractivity contribution in [2.24, 2.45) is 22.2 Å². The zero-order chi connectivity index (χ0) is 22.1. The van der Waals surface area contributed by atoms with Gasteiger partial charge >= 0.3 is 5.97 Å². The van der Waals surface area contributed by atoms with E-state index < -0.39 is 42.0 Å². The van der Waals surface area contributed by atoms with Gasteiger partial charge in [-0.3, -0.25) is 24.2 Å². The van der Waals surface area contributed by atoms with Crippen molar-refractivity contribution in [3.8, 4) is 0 Å². The van der Waals surface area contributed by atoms with E-state index >= 15 is 0 Å². The lowest BCUT2D eigenvalue weighted by Crippen LogP contribution is -2.55. The molecule has 0 aliphatic carbocycles. The van der Waals surface area contributed by atoms with Crippen molar-refractivity contribution in [1.29, 1.82) is 0 Å². The molecule has 0 aromatic carbocycles. The Balaban J connectivity index is 2.60. The summed E-state index contributed by atoms with van der Waals surface area (Å²) in [6.45, 7) is 3.52. The molecule has 12 heteroatoms. The SMILES string of the molecule is CC(NC(=O)C(C)NC(=O)C1CCCN1C(=O)C(N)CCCN=C(N)N)C(=O)O. The minimum absolute atomic E-state index is 0.0305. The van der Waals surface area contributed by atoms with E-state index in [2.05, 4.69) is 15.6 Å². The summed E-state index contributed by atoms with van der Waals surface area (Å²) in [5.74, 6) is -2.66. The fraction of sp³-hybridized carbons (Fsp3) is 0.706. The van der Waals surface area contributed by atoms with Crippen LogP contribution in [0.1, 0.15) is 39.5 Å². The van der Waals surface area contributed by atoms with E-state index in [0.29, 0.717) is 38.8 Å². The Labute approximate surface area is 169 Å². The number of rotatable bonds is 10. The second kappa shape index (κ2) is 11.2. The molecule has 0 spiro atoms. The monoisotopic (exact) mass is 413 g/mol. The molecule has 1 heterocycles. The summed E-state index contributed by atoms with van der Waals surface area (Å²) in [7, 11) is 0. The van der Waals surface area contributed by atoms with Crippen molar-refractivity contribution in [3.05, 3.63) is 0 Å². The number of guanidine groups is 1. The van der Waals surface area contributed by atoms with E-state index in [1.165, 1.54) is 18.7 Å². The van der Waals surface area contributed by atoms with E-state index in [9.17, 15) is 19.2 Å². The molecule has 3 amide bonds. The highest BCUT2D eigenvalue weighted by Gasteiger charge is 2.37. The third-order valence-electron chi connectivity index (χ3n) is 4.60. The number of carbonyl (C=O) groups is 4. The number of aliphatic imine (C=N–C) groups is 1. The van der Waals surface area contributed by atoms with Crippen LogP contribution in [-0.4, -0.2) is 76.9 Å². The fourth-order valence-corrected chi connectivity index (χ4v) is 2.93. The lowest BCUT2D eigenvalue weighted by atomic mass is 10.1. The van der Waals surface area contributed by atoms with Crippen LogP contribution in [0, 0.1) is 0 Å². The van der Waals surface area contributed by atoms with Crippen LogP contribution < -0.4 is 27.8 Å². The van der Waals surface area contributed by atoms with Crippen molar-refractivity contribution in [1.82, 2.24) is 15.5 Å². The number of carbonyl (C=O) groups excluding carboxylic acids is 3. The van der Waals surface area contributed by atoms with Crippen molar-refractivity contribution in [2.45, 2.75) is 63.7 Å². The van der Waals surface area contributed by atoms with Crippen LogP contribution in [0.3, 0.4) is 0 Å². The number of nitrogens with one attached hydrogen (secondary N) is 2. The number of hydrogen-bond donors (Lipinski definition) is 6. The number of likely N-dealkylation sites (tertiary alicyclic amines) is 1. The molecule has 4 unspecified atom stereocenters. The highest BCUT2D eigenvalue weighted by atomic mass is 16.4. The highest BCUT2D eigenvalue weighted by Crippen LogP contribution is 2.19. The number of hydrogen-bond acceptors (Lipinski definition) is 6. The molecule has 12 nitrogen and oxygen atoms in total. The number of carboxylic acid groups (broad SMARTS) is 1. The number of nitrogens with zero attached hydrogens (tertiary/aromatic N) is 2. The largest absolute Gasteiger partial charge is 0.480 e. The van der Waals surface area contributed by atoms with E-state index in [-0.39, 0.29) is 11.9 Å². The number of nitrogens with two attached hydrogens (primary N) is 3. The first-order valence-corrected chi connectivity index (χ1v) is 9.49. The molecule has 29 heavy (non-hydrogen) atoms. The third-order valence-corrected chi connectivity index (χ3v) is 4.60. The van der Waals surface area contributed by atoms with Crippen LogP contribution in [0.5, 0.6) is 0 Å². The Morgan fingerprint density at radius 3 is 2.41 bits per heavy atom. The molecule has 0 aromatic heterocycles. The molecule has 4 atom stereocenters. The lowest BCUT2D eigenvalue weighted by molar-refractivity contribution is -0.142. The van der Waals surface area contributed by atoms with Gasteiger partial charge < -0.3 is 37.8 Å². The van der Waals surface area contributed by atoms with Crippen LogP contribution >= 0.6 is 0 Å². The normalized spacial score (nSPS) is 19.0. The molecule has 164 valence electrons. The zero-order valence-corrected chi connectivity index (χ0v) is 16.8. The van der Waals surface area contributed by atoms with Crippen LogP contribution in [0.2, 0.25) is 0 Å². The summed E-state index contributed by atoms with van der Waals surface area (Å²) in [5, 5.41) is 13.7. The molecule has 1 aliphatic rings. The molecule has 1 saturated heterocycles. The maximum Gasteiger partial charge on any atom is 0.325 e. The predicted molar refractivity (Wildman–Crippen MR) is 105 cm³/mol. The molecule has 0 radical (unpaired) electrons. The van der Waals surface area contributed by atoms with Crippen molar-refractivity contribution >= 4 is 29.7 Å². The van der Waals surface area contributed by atoms with Crippen LogP contribution in [0.4, 0.5) is 0 Å². The van der Waals surface area contributed by atoms with Gasteiger partial charge in [-0.1, -0.05) is 0 Å². The van der Waals surface area contributed by atoms with Gasteiger partial charge in [-0.25, -0.2) is 0 Å². The van der Waals surface area contributed by atoms with Gasteiger partial charge in [0.1, 0.15) is 18.1 Å². The minimum atomic E-state index is -1.18. The van der Waals surface area contributed by atoms with E-state index in [1.54, 1.807) is 0 Å². The Kier molecular flexibility index (Phi) is 9.32. The minimum Gasteiger partial charge on any atom is -0.480 e. The Morgan fingerprint density at radius 2 is 1.83 bits per heavy atom. The molecule has 0 bridgehead atoms. The van der Waals surface area contributed by atoms with Gasteiger partial charge in [0.05, 0.1) is 6.04 Å². The predicted octanol–water partition coefficient (Wildman–Crippen LogP) is -2.55. The second-order valence-electron chi connectivity index (χ2n) is 7.04. The van der Waals surface area contributed by atoms with E-state index in [0.717, 1.165) is 0 Å². The van der Waals surface area contributed by atoms with Gasteiger partial charge in [0.15, 0.2) is 5.96 Å². The highest BCUT2D eigenvalue weighted by molar-refractivity contribution is 5.94. The van der Waals surface area contributed by atoms with Gasteiger partial charge in [0.2, 0.25) is 17.7 Å². The molecule has 0 saturated carbocycles. The van der Waals surface area contributed by atoms with Crippen molar-refractivity contribution < 1.29 is 24.3 Å². The standard InChI is InChI=1S/C17H31N7O5/c1-9(13(25)23-10(2)16(28)29)22-14(26)12-6-4-8-24(12)15(27)11(18)5-3-7-21-17(19)20/h9-12H,3-8,18H2,1-2H3,(H,22,26)(H,23,25)(H,28,29)(H4,19,20,21). The summed E-state index contributed by atoms with van der Waals surface area (Å²) in [4.78, 5) is 53.3. The quantitative estimate of drug-likeness (QED) is 0.127. The Morgan fingerprint density at radius 1 is 1.17 bits per heavy atom. The lowest BCUT2D eigenvalue weighted by Gasteiger charge is -2.27. The molecular formula is C17H31N7O5. The van der Waals surface area contributed by atoms with E-state index in [1.807, 2.05) is 0 Å². The Hall–Kier alpha value is -2.89. The van der Waals surface area contributed by atoms with Crippen LogP contribution in [-0.2, 0) is 19.2 Å². The molecule has 1 aliphatic heterocycles. The summed E-state index contributed by atoms with van der Waals surface area (Å²) in [5.41, 5.74) is 16.4. The fourth-order valence-electron chi connectivity index (χ4n) is 2.93. The molecule has 0 aromatic rings. The molecular weight excluding hydrogens is 382 g/mol. The summed E-state index contributed by atoms with van der Waals surface area (Å²) >= 11 is 0. The van der Waals surface area contributed by atoms with Gasteiger partial charge in [-0.2, -0.15) is 0 Å². The third kappa shape index (κ3) is 7.56. The van der Waals surface area contributed by atoms with Gasteiger partial charge in [0, 0.05) is 13.1 Å². The molecule has 1 rings (SSSR count). The van der Waals surface area contributed by atoms with Gasteiger partial charge in [-0.15, -0.1) is 0 Å². The maximum atomic E-state index is 12.6. The summed E-state index contributed by atoms with van der Waals surface area (Å²) in [6.07, 6.45) is 1.99. The summed E-state index contributed by atoms with van der Waals surface area (Å²) in [6, 6.07) is -3.54. The van der Waals surface area contributed by atoms with Gasteiger partial charge in [0.25, 0.3) is 0 Å². The first-order valence-electron chi connectivity index (χ1n) is 9.49. The average molecular weight is 413 g/mol. The first kappa shape index (κ1) is 24.1. The summed E-state index contributed by atoms with van der Waals surface area (Å²) < 4.78 is 0. The number of amides is 3. The molecule has 1 fully saturated rings. The smallest absolute Gasteiger partial charge is 0.325 e. The van der Waals surface area contributed by atoms with Crippen LogP contribution in [0.15, 0.2) is 4.99 Å². The van der Waals surface area contributed by atoms with Crippen molar-refractivity contribution in [3.63, 3.8) is 0 Å². The number of aliphatic carboxylic acids is 1. The van der Waals surface area contributed by atoms with Crippen molar-refractivity contribution in [2.75, 3.05) is 13.1 Å². The maximum absolute atomic E-state index is 12.6.